The van der Waals surface area contributed by atoms with Crippen molar-refractivity contribution >= 4 is 11.7 Å². The number of carbonyl (C=O) groups excluding carboxylic acids is 2. The van der Waals surface area contributed by atoms with Crippen LogP contribution in [-0.4, -0.2) is 31.4 Å². The first-order chi connectivity index (χ1) is 12.5. The van der Waals surface area contributed by atoms with Crippen LogP contribution in [-0.2, 0) is 13.1 Å². The Morgan fingerprint density at radius 3 is 2.42 bits per heavy atom. The van der Waals surface area contributed by atoms with Crippen molar-refractivity contribution in [3.63, 3.8) is 0 Å². The molecule has 0 aliphatic heterocycles. The van der Waals surface area contributed by atoms with Gasteiger partial charge >= 0.3 is 0 Å². The van der Waals surface area contributed by atoms with Crippen molar-refractivity contribution in [3.05, 3.63) is 70.6 Å². The third kappa shape index (κ3) is 3.72. The Hall–Kier alpha value is -3.22. The Labute approximate surface area is 151 Å². The SMILES string of the molecule is CC(=O)c1c(C)[nH]c(C(=O)NCc2ccc(Cn3cncn3)cc2)c1C. The molecule has 7 heteroatoms. The van der Waals surface area contributed by atoms with E-state index in [1.54, 1.807) is 24.9 Å². The van der Waals surface area contributed by atoms with E-state index >= 15 is 0 Å². The Morgan fingerprint density at radius 2 is 1.85 bits per heavy atom. The fraction of sp³-hybridized carbons (Fsp3) is 0.263. The minimum Gasteiger partial charge on any atom is -0.354 e. The van der Waals surface area contributed by atoms with Gasteiger partial charge in [-0.05, 0) is 37.5 Å². The molecule has 3 rings (SSSR count). The third-order valence-electron chi connectivity index (χ3n) is 4.30. The van der Waals surface area contributed by atoms with Crippen molar-refractivity contribution < 1.29 is 9.59 Å². The molecule has 0 radical (unpaired) electrons. The molecule has 7 nitrogen and oxygen atoms in total. The van der Waals surface area contributed by atoms with E-state index in [0.717, 1.165) is 16.8 Å². The van der Waals surface area contributed by atoms with E-state index in [4.69, 9.17) is 0 Å². The van der Waals surface area contributed by atoms with E-state index in [9.17, 15) is 9.59 Å². The largest absolute Gasteiger partial charge is 0.354 e. The molecule has 26 heavy (non-hydrogen) atoms. The maximum absolute atomic E-state index is 12.4. The quantitative estimate of drug-likeness (QED) is 0.667. The summed E-state index contributed by atoms with van der Waals surface area (Å²) < 4.78 is 1.75. The number of rotatable bonds is 6. The van der Waals surface area contributed by atoms with Crippen LogP contribution in [0.5, 0.6) is 0 Å². The van der Waals surface area contributed by atoms with Crippen LogP contribution in [0.25, 0.3) is 0 Å². The molecule has 0 unspecified atom stereocenters. The summed E-state index contributed by atoms with van der Waals surface area (Å²) >= 11 is 0. The van der Waals surface area contributed by atoms with Gasteiger partial charge in [0, 0.05) is 17.8 Å². The van der Waals surface area contributed by atoms with Crippen molar-refractivity contribution in [1.29, 1.82) is 0 Å². The number of hydrogen-bond acceptors (Lipinski definition) is 4. The predicted octanol–water partition coefficient (Wildman–Crippen LogP) is 2.40. The van der Waals surface area contributed by atoms with Crippen LogP contribution in [0, 0.1) is 13.8 Å². The molecule has 0 fully saturated rings. The highest BCUT2D eigenvalue weighted by Crippen LogP contribution is 2.18. The summed E-state index contributed by atoms with van der Waals surface area (Å²) in [4.78, 5) is 31.1. The summed E-state index contributed by atoms with van der Waals surface area (Å²) in [5.74, 6) is -0.261. The molecule has 0 saturated heterocycles. The predicted molar refractivity (Wildman–Crippen MR) is 97.0 cm³/mol. The van der Waals surface area contributed by atoms with Gasteiger partial charge in [-0.3, -0.25) is 9.59 Å². The summed E-state index contributed by atoms with van der Waals surface area (Å²) in [6.07, 6.45) is 3.18. The van der Waals surface area contributed by atoms with Crippen LogP contribution in [0.4, 0.5) is 0 Å². The lowest BCUT2D eigenvalue weighted by molar-refractivity contribution is 0.0945. The number of aromatic amines is 1. The maximum Gasteiger partial charge on any atom is 0.268 e. The smallest absolute Gasteiger partial charge is 0.268 e. The first-order valence-electron chi connectivity index (χ1n) is 8.34. The number of amides is 1. The zero-order valence-electron chi connectivity index (χ0n) is 15.0. The van der Waals surface area contributed by atoms with Gasteiger partial charge in [0.1, 0.15) is 18.3 Å². The number of benzene rings is 1. The van der Waals surface area contributed by atoms with Gasteiger partial charge in [0.2, 0.25) is 0 Å². The number of hydrogen-bond donors (Lipinski definition) is 2. The van der Waals surface area contributed by atoms with Crippen LogP contribution >= 0.6 is 0 Å². The van der Waals surface area contributed by atoms with Crippen molar-refractivity contribution in [1.82, 2.24) is 25.1 Å². The third-order valence-corrected chi connectivity index (χ3v) is 4.30. The molecule has 2 aromatic heterocycles. The molecule has 0 aliphatic carbocycles. The van der Waals surface area contributed by atoms with Crippen molar-refractivity contribution in [2.75, 3.05) is 0 Å². The molecule has 1 aromatic carbocycles. The fourth-order valence-corrected chi connectivity index (χ4v) is 3.04. The molecular formula is C19H21N5O2. The molecule has 0 atom stereocenters. The molecule has 0 aliphatic rings. The maximum atomic E-state index is 12.4. The molecular weight excluding hydrogens is 330 g/mol. The Balaban J connectivity index is 1.63. The number of H-pyrrole nitrogens is 1. The number of ketones is 1. The van der Waals surface area contributed by atoms with Crippen LogP contribution in [0.3, 0.4) is 0 Å². The summed E-state index contributed by atoms with van der Waals surface area (Å²) in [6, 6.07) is 7.95. The lowest BCUT2D eigenvalue weighted by Gasteiger charge is -2.07. The average Bonchev–Trinajstić information content (AvgIpc) is 3.21. The topological polar surface area (TPSA) is 92.7 Å². The van der Waals surface area contributed by atoms with E-state index in [0.29, 0.717) is 29.9 Å². The lowest BCUT2D eigenvalue weighted by atomic mass is 10.1. The summed E-state index contributed by atoms with van der Waals surface area (Å²) in [5.41, 5.74) is 4.54. The molecule has 134 valence electrons. The Kier molecular flexibility index (Phi) is 4.97. The number of nitrogens with one attached hydrogen (secondary N) is 2. The molecule has 2 heterocycles. The van der Waals surface area contributed by atoms with E-state index in [1.165, 1.54) is 13.3 Å². The number of carbonyl (C=O) groups is 2. The van der Waals surface area contributed by atoms with Crippen LogP contribution in [0.1, 0.15) is 50.2 Å². The fourth-order valence-electron chi connectivity index (χ4n) is 3.04. The standard InChI is InChI=1S/C19H21N5O2/c1-12-17(14(3)25)13(2)23-18(12)19(26)21-8-15-4-6-16(7-5-15)9-24-11-20-10-22-24/h4-7,10-11,23H,8-9H2,1-3H3,(H,21,26). The molecule has 0 bridgehead atoms. The number of Topliss-reactive ketones (excluding diaryl/α,β-unsaturated/α-hetero) is 1. The second kappa shape index (κ2) is 7.35. The van der Waals surface area contributed by atoms with Crippen molar-refractivity contribution in [3.8, 4) is 0 Å². The van der Waals surface area contributed by atoms with Gasteiger partial charge in [-0.25, -0.2) is 9.67 Å². The van der Waals surface area contributed by atoms with Crippen LogP contribution in [0.2, 0.25) is 0 Å². The zero-order chi connectivity index (χ0) is 18.7. The minimum atomic E-state index is -0.218. The Morgan fingerprint density at radius 1 is 1.15 bits per heavy atom. The monoisotopic (exact) mass is 351 g/mol. The Bertz CT molecular complexity index is 924. The van der Waals surface area contributed by atoms with Gasteiger partial charge in [0.15, 0.2) is 5.78 Å². The molecule has 0 spiro atoms. The van der Waals surface area contributed by atoms with E-state index in [2.05, 4.69) is 20.4 Å². The first kappa shape index (κ1) is 17.6. The van der Waals surface area contributed by atoms with Gasteiger partial charge in [-0.1, -0.05) is 24.3 Å². The van der Waals surface area contributed by atoms with Crippen LogP contribution in [0.15, 0.2) is 36.9 Å². The molecule has 3 aromatic rings. The number of nitrogens with zero attached hydrogens (tertiary/aromatic N) is 3. The second-order valence-electron chi connectivity index (χ2n) is 6.27. The number of aryl methyl sites for hydroxylation is 1. The summed E-state index contributed by atoms with van der Waals surface area (Å²) in [5, 5.41) is 6.97. The second-order valence-corrected chi connectivity index (χ2v) is 6.27. The van der Waals surface area contributed by atoms with E-state index < -0.39 is 0 Å². The first-order valence-corrected chi connectivity index (χ1v) is 8.34. The number of aromatic nitrogens is 4. The van der Waals surface area contributed by atoms with Gasteiger partial charge in [-0.15, -0.1) is 0 Å². The normalized spacial score (nSPS) is 10.7. The average molecular weight is 351 g/mol. The minimum absolute atomic E-state index is 0.0433. The molecule has 1 amide bonds. The van der Waals surface area contributed by atoms with Gasteiger partial charge < -0.3 is 10.3 Å². The van der Waals surface area contributed by atoms with Gasteiger partial charge in [0.25, 0.3) is 5.91 Å². The van der Waals surface area contributed by atoms with Crippen LogP contribution < -0.4 is 5.32 Å². The highest BCUT2D eigenvalue weighted by atomic mass is 16.2. The zero-order valence-corrected chi connectivity index (χ0v) is 15.0. The highest BCUT2D eigenvalue weighted by Gasteiger charge is 2.19. The van der Waals surface area contributed by atoms with Crippen molar-refractivity contribution in [2.24, 2.45) is 0 Å². The van der Waals surface area contributed by atoms with Gasteiger partial charge in [0.05, 0.1) is 6.54 Å². The van der Waals surface area contributed by atoms with Gasteiger partial charge in [-0.2, -0.15) is 5.10 Å². The summed E-state index contributed by atoms with van der Waals surface area (Å²) in [6.45, 7) is 6.16. The van der Waals surface area contributed by atoms with E-state index in [-0.39, 0.29) is 11.7 Å². The van der Waals surface area contributed by atoms with E-state index in [1.807, 2.05) is 24.3 Å². The molecule has 0 saturated carbocycles. The lowest BCUT2D eigenvalue weighted by Crippen LogP contribution is -2.24. The molecule has 2 N–H and O–H groups in total. The highest BCUT2D eigenvalue weighted by molar-refractivity contribution is 6.02. The summed E-state index contributed by atoms with van der Waals surface area (Å²) in [7, 11) is 0. The van der Waals surface area contributed by atoms with Crippen molar-refractivity contribution in [2.45, 2.75) is 33.9 Å².